The van der Waals surface area contributed by atoms with Crippen LogP contribution in [-0.2, 0) is 17.9 Å². The molecule has 25 heavy (non-hydrogen) atoms. The van der Waals surface area contributed by atoms with E-state index >= 15 is 0 Å². The molecule has 0 N–H and O–H groups in total. The molecule has 140 valence electrons. The number of likely N-dealkylation sites (tertiary alicyclic amines) is 1. The lowest BCUT2D eigenvalue weighted by atomic mass is 10.2. The fourth-order valence-corrected chi connectivity index (χ4v) is 4.14. The van der Waals surface area contributed by atoms with Crippen LogP contribution in [0.4, 0.5) is 0 Å². The van der Waals surface area contributed by atoms with E-state index in [0.717, 1.165) is 78.0 Å². The molecule has 2 aliphatic heterocycles. The minimum absolute atomic E-state index is 0.134. The van der Waals surface area contributed by atoms with Gasteiger partial charge in [-0.05, 0) is 45.7 Å². The Labute approximate surface area is 151 Å². The fourth-order valence-electron chi connectivity index (χ4n) is 4.14. The van der Waals surface area contributed by atoms with Gasteiger partial charge in [0.1, 0.15) is 0 Å². The van der Waals surface area contributed by atoms with Crippen molar-refractivity contribution >= 4 is 5.91 Å². The number of hydrogen-bond acceptors (Lipinski definition) is 4. The maximum atomic E-state index is 13.0. The van der Waals surface area contributed by atoms with Crippen molar-refractivity contribution in [2.24, 2.45) is 0 Å². The Morgan fingerprint density at radius 1 is 1.16 bits per heavy atom. The smallest absolute Gasteiger partial charge is 0.239 e. The van der Waals surface area contributed by atoms with E-state index < -0.39 is 0 Å². The molecule has 0 saturated carbocycles. The largest absolute Gasteiger partial charge is 0.340 e. The van der Waals surface area contributed by atoms with E-state index in [4.69, 9.17) is 0 Å². The van der Waals surface area contributed by atoms with Crippen LogP contribution < -0.4 is 0 Å². The van der Waals surface area contributed by atoms with Crippen molar-refractivity contribution in [3.63, 3.8) is 0 Å². The highest BCUT2D eigenvalue weighted by molar-refractivity contribution is 5.82. The van der Waals surface area contributed by atoms with Crippen LogP contribution >= 0.6 is 0 Å². The quantitative estimate of drug-likeness (QED) is 0.787. The van der Waals surface area contributed by atoms with Crippen LogP contribution in [0.2, 0.25) is 0 Å². The molecule has 1 atom stereocenters. The summed E-state index contributed by atoms with van der Waals surface area (Å²) in [5.74, 6) is 0.367. The molecule has 2 aliphatic rings. The predicted octanol–water partition coefficient (Wildman–Crippen LogP) is 1.81. The number of carbonyl (C=O) groups is 1. The number of amides is 1. The third-order valence-corrected chi connectivity index (χ3v) is 5.48. The number of aryl methyl sites for hydroxylation is 1. The van der Waals surface area contributed by atoms with Crippen LogP contribution in [0.1, 0.15) is 45.1 Å². The Morgan fingerprint density at radius 3 is 2.80 bits per heavy atom. The monoisotopic (exact) mass is 347 g/mol. The van der Waals surface area contributed by atoms with Gasteiger partial charge in [0.2, 0.25) is 5.91 Å². The highest BCUT2D eigenvalue weighted by atomic mass is 16.2. The van der Waals surface area contributed by atoms with E-state index in [1.54, 1.807) is 0 Å². The first-order chi connectivity index (χ1) is 12.2. The minimum Gasteiger partial charge on any atom is -0.340 e. The fraction of sp³-hybridized carbons (Fsp3) is 0.789. The van der Waals surface area contributed by atoms with Crippen LogP contribution in [0.15, 0.2) is 12.4 Å². The lowest BCUT2D eigenvalue weighted by Gasteiger charge is -2.29. The summed E-state index contributed by atoms with van der Waals surface area (Å²) < 4.78 is 1.98. The van der Waals surface area contributed by atoms with Crippen LogP contribution in [0.5, 0.6) is 0 Å². The zero-order valence-electron chi connectivity index (χ0n) is 15.9. The van der Waals surface area contributed by atoms with Gasteiger partial charge in [0.05, 0.1) is 12.2 Å². The predicted molar refractivity (Wildman–Crippen MR) is 99.3 cm³/mol. The third-order valence-electron chi connectivity index (χ3n) is 5.48. The molecule has 2 fully saturated rings. The molecular weight excluding hydrogens is 314 g/mol. The summed E-state index contributed by atoms with van der Waals surface area (Å²) >= 11 is 0. The second-order valence-electron chi connectivity index (χ2n) is 7.35. The molecule has 1 amide bonds. The van der Waals surface area contributed by atoms with Gasteiger partial charge < -0.3 is 4.90 Å². The van der Waals surface area contributed by atoms with Crippen molar-refractivity contribution < 1.29 is 4.79 Å². The van der Waals surface area contributed by atoms with Crippen molar-refractivity contribution in [2.75, 3.05) is 39.3 Å². The summed E-state index contributed by atoms with van der Waals surface area (Å²) in [6.45, 7) is 12.1. The highest BCUT2D eigenvalue weighted by Gasteiger charge is 2.33. The van der Waals surface area contributed by atoms with Crippen LogP contribution in [0, 0.1) is 0 Å². The summed E-state index contributed by atoms with van der Waals surface area (Å²) in [6.07, 6.45) is 8.50. The molecule has 3 heterocycles. The zero-order chi connectivity index (χ0) is 17.6. The second-order valence-corrected chi connectivity index (χ2v) is 7.35. The summed E-state index contributed by atoms with van der Waals surface area (Å²) in [5, 5.41) is 4.36. The maximum Gasteiger partial charge on any atom is 0.239 e. The lowest BCUT2D eigenvalue weighted by Crippen LogP contribution is -2.47. The molecule has 0 spiro atoms. The van der Waals surface area contributed by atoms with Crippen LogP contribution in [0.25, 0.3) is 0 Å². The van der Waals surface area contributed by atoms with E-state index in [0.29, 0.717) is 5.91 Å². The van der Waals surface area contributed by atoms with Gasteiger partial charge >= 0.3 is 0 Å². The Kier molecular flexibility index (Phi) is 6.48. The summed E-state index contributed by atoms with van der Waals surface area (Å²) in [7, 11) is 0. The molecule has 1 aromatic heterocycles. The number of carbonyl (C=O) groups excluding carboxylic acids is 1. The van der Waals surface area contributed by atoms with Crippen molar-refractivity contribution in [2.45, 2.75) is 58.7 Å². The van der Waals surface area contributed by atoms with Gasteiger partial charge in [-0.15, -0.1) is 0 Å². The van der Waals surface area contributed by atoms with Gasteiger partial charge in [-0.2, -0.15) is 5.10 Å². The van der Waals surface area contributed by atoms with Crippen LogP contribution in [-0.4, -0.2) is 75.7 Å². The average molecular weight is 348 g/mol. The Balaban J connectivity index is 1.53. The first-order valence-corrected chi connectivity index (χ1v) is 9.97. The van der Waals surface area contributed by atoms with Gasteiger partial charge in [0, 0.05) is 51.0 Å². The lowest BCUT2D eigenvalue weighted by molar-refractivity contribution is -0.135. The number of aromatic nitrogens is 2. The third kappa shape index (κ3) is 4.61. The van der Waals surface area contributed by atoms with E-state index in [-0.39, 0.29) is 6.04 Å². The Morgan fingerprint density at radius 2 is 2.04 bits per heavy atom. The molecule has 6 heteroatoms. The molecule has 0 aliphatic carbocycles. The van der Waals surface area contributed by atoms with Gasteiger partial charge in [-0.25, -0.2) is 0 Å². The molecule has 0 radical (unpaired) electrons. The minimum atomic E-state index is 0.134. The van der Waals surface area contributed by atoms with Crippen molar-refractivity contribution in [3.8, 4) is 0 Å². The first-order valence-electron chi connectivity index (χ1n) is 9.97. The molecule has 0 aromatic carbocycles. The molecular formula is C19H33N5O. The topological polar surface area (TPSA) is 44.6 Å². The summed E-state index contributed by atoms with van der Waals surface area (Å²) in [5.41, 5.74) is 1.27. The van der Waals surface area contributed by atoms with Gasteiger partial charge in [0.15, 0.2) is 0 Å². The van der Waals surface area contributed by atoms with E-state index in [9.17, 15) is 4.79 Å². The molecule has 6 nitrogen and oxygen atoms in total. The number of rotatable bonds is 6. The van der Waals surface area contributed by atoms with Crippen molar-refractivity contribution in [1.29, 1.82) is 0 Å². The van der Waals surface area contributed by atoms with Crippen molar-refractivity contribution in [1.82, 2.24) is 24.5 Å². The average Bonchev–Trinajstić information content (AvgIpc) is 3.20. The summed E-state index contributed by atoms with van der Waals surface area (Å²) in [4.78, 5) is 20.0. The van der Waals surface area contributed by atoms with Crippen molar-refractivity contribution in [3.05, 3.63) is 18.0 Å². The van der Waals surface area contributed by atoms with Crippen LogP contribution in [0.3, 0.4) is 0 Å². The van der Waals surface area contributed by atoms with E-state index in [1.807, 2.05) is 10.9 Å². The zero-order valence-corrected chi connectivity index (χ0v) is 15.9. The number of hydrogen-bond donors (Lipinski definition) is 0. The van der Waals surface area contributed by atoms with Gasteiger partial charge in [0.25, 0.3) is 0 Å². The Hall–Kier alpha value is -1.40. The molecule has 3 rings (SSSR count). The molecule has 0 unspecified atom stereocenters. The van der Waals surface area contributed by atoms with E-state index in [1.165, 1.54) is 5.56 Å². The molecule has 2 saturated heterocycles. The normalized spacial score (nSPS) is 23.1. The maximum absolute atomic E-state index is 13.0. The van der Waals surface area contributed by atoms with E-state index in [2.05, 4.69) is 39.8 Å². The molecule has 1 aromatic rings. The van der Waals surface area contributed by atoms with Gasteiger partial charge in [-0.1, -0.05) is 6.92 Å². The second kappa shape index (κ2) is 8.81. The molecule has 0 bridgehead atoms. The summed E-state index contributed by atoms with van der Waals surface area (Å²) in [6, 6.07) is 0.134. The highest BCUT2D eigenvalue weighted by Crippen LogP contribution is 2.20. The van der Waals surface area contributed by atoms with Gasteiger partial charge in [-0.3, -0.25) is 19.3 Å². The Bertz CT molecular complexity index is 558. The standard InChI is InChI=1S/C19H33N5O/c1-3-8-22-10-5-7-18(22)19(25)23-11-6-9-21(12-13-23)15-17-14-20-24(4-2)16-17/h14,16,18H,3-13,15H2,1-2H3/t18-/m0/s1. The SMILES string of the molecule is CCCN1CCC[C@H]1C(=O)N1CCCN(Cc2cnn(CC)c2)CC1. The first kappa shape index (κ1) is 18.4. The number of nitrogens with zero attached hydrogens (tertiary/aromatic N) is 5.